The molecular weight excluding hydrogens is 386 g/mol. The molecule has 0 saturated heterocycles. The van der Waals surface area contributed by atoms with E-state index < -0.39 is 10.0 Å². The van der Waals surface area contributed by atoms with Crippen molar-refractivity contribution in [2.24, 2.45) is 0 Å². The third-order valence-corrected chi connectivity index (χ3v) is 6.97. The predicted molar refractivity (Wildman–Crippen MR) is 116 cm³/mol. The molecule has 6 nitrogen and oxygen atoms in total. The zero-order chi connectivity index (χ0) is 21.4. The minimum absolute atomic E-state index is 0.176. The lowest BCUT2D eigenvalue weighted by atomic mass is 10.1. The smallest absolute Gasteiger partial charge is 0.317 e. The number of rotatable bonds is 9. The highest BCUT2D eigenvalue weighted by molar-refractivity contribution is 7.89. The third-order valence-electron chi connectivity index (χ3n) is 4.91. The highest BCUT2D eigenvalue weighted by Crippen LogP contribution is 2.16. The monoisotopic (exact) mass is 417 g/mol. The van der Waals surface area contributed by atoms with E-state index in [0.717, 1.165) is 17.5 Å². The van der Waals surface area contributed by atoms with Crippen molar-refractivity contribution in [2.75, 3.05) is 20.1 Å². The van der Waals surface area contributed by atoms with Crippen molar-refractivity contribution < 1.29 is 13.2 Å². The van der Waals surface area contributed by atoms with Crippen molar-refractivity contribution in [1.82, 2.24) is 14.5 Å². The van der Waals surface area contributed by atoms with Gasteiger partial charge in [0.2, 0.25) is 10.0 Å². The Morgan fingerprint density at radius 3 is 1.90 bits per heavy atom. The molecule has 0 aromatic heterocycles. The van der Waals surface area contributed by atoms with Gasteiger partial charge in [0.1, 0.15) is 0 Å². The van der Waals surface area contributed by atoms with Crippen LogP contribution in [0.25, 0.3) is 0 Å². The first kappa shape index (κ1) is 22.9. The van der Waals surface area contributed by atoms with Gasteiger partial charge in [-0.15, -0.1) is 0 Å². The number of sulfonamides is 1. The van der Waals surface area contributed by atoms with E-state index in [1.807, 2.05) is 26.0 Å². The third kappa shape index (κ3) is 6.05. The van der Waals surface area contributed by atoms with Gasteiger partial charge in [0, 0.05) is 33.2 Å². The lowest BCUT2D eigenvalue weighted by molar-refractivity contribution is 0.206. The Labute approximate surface area is 174 Å². The fraction of sp³-hybridized carbons (Fsp3) is 0.409. The van der Waals surface area contributed by atoms with Crippen LogP contribution in [0.15, 0.2) is 53.4 Å². The van der Waals surface area contributed by atoms with Crippen LogP contribution in [0.5, 0.6) is 0 Å². The van der Waals surface area contributed by atoms with Gasteiger partial charge in [-0.2, -0.15) is 4.31 Å². The zero-order valence-corrected chi connectivity index (χ0v) is 18.5. The summed E-state index contributed by atoms with van der Waals surface area (Å²) < 4.78 is 26.5. The van der Waals surface area contributed by atoms with Crippen molar-refractivity contribution >= 4 is 16.1 Å². The summed E-state index contributed by atoms with van der Waals surface area (Å²) in [6.07, 6.45) is 0.992. The summed E-state index contributed by atoms with van der Waals surface area (Å²) in [5.41, 5.74) is 3.19. The van der Waals surface area contributed by atoms with Gasteiger partial charge in [0.05, 0.1) is 4.90 Å². The molecule has 0 aliphatic rings. The van der Waals surface area contributed by atoms with Crippen LogP contribution in [0.4, 0.5) is 4.79 Å². The molecular formula is C22H31N3O3S. The molecule has 0 atom stereocenters. The van der Waals surface area contributed by atoms with Crippen molar-refractivity contribution in [2.45, 2.75) is 45.2 Å². The number of nitrogens with zero attached hydrogens (tertiary/aromatic N) is 2. The number of hydrogen-bond donors (Lipinski definition) is 1. The molecule has 0 aliphatic heterocycles. The normalized spacial score (nSPS) is 11.5. The van der Waals surface area contributed by atoms with E-state index in [4.69, 9.17) is 0 Å². The lowest BCUT2D eigenvalue weighted by Gasteiger charge is -2.19. The van der Waals surface area contributed by atoms with Gasteiger partial charge in [-0.25, -0.2) is 13.2 Å². The average molecular weight is 418 g/mol. The molecule has 0 spiro atoms. The fourth-order valence-electron chi connectivity index (χ4n) is 3.03. The molecule has 2 amide bonds. The van der Waals surface area contributed by atoms with E-state index in [1.165, 1.54) is 9.87 Å². The average Bonchev–Trinajstić information content (AvgIpc) is 2.73. The second-order valence-electron chi connectivity index (χ2n) is 6.92. The van der Waals surface area contributed by atoms with Crippen molar-refractivity contribution in [1.29, 1.82) is 0 Å². The first-order valence-electron chi connectivity index (χ1n) is 9.97. The summed E-state index contributed by atoms with van der Waals surface area (Å²) in [4.78, 5) is 14.2. The van der Waals surface area contributed by atoms with Crippen molar-refractivity contribution in [3.8, 4) is 0 Å². The van der Waals surface area contributed by atoms with Gasteiger partial charge < -0.3 is 10.2 Å². The van der Waals surface area contributed by atoms with Crippen LogP contribution >= 0.6 is 0 Å². The topological polar surface area (TPSA) is 69.7 Å². The van der Waals surface area contributed by atoms with Gasteiger partial charge in [-0.3, -0.25) is 0 Å². The molecule has 0 bridgehead atoms. The first-order valence-corrected chi connectivity index (χ1v) is 11.4. The highest BCUT2D eigenvalue weighted by atomic mass is 32.2. The molecule has 2 aromatic carbocycles. The maximum atomic E-state index is 12.5. The zero-order valence-electron chi connectivity index (χ0n) is 17.7. The molecule has 0 heterocycles. The Morgan fingerprint density at radius 1 is 0.862 bits per heavy atom. The summed E-state index contributed by atoms with van der Waals surface area (Å²) in [6, 6.07) is 14.7. The standard InChI is InChI=1S/C22H31N3O3S/c1-5-18-8-10-20(11-9-18)17-24(4)22(26)23-16-19-12-14-21(15-13-19)29(27,28)25(6-2)7-3/h8-15H,5-7,16-17H2,1-4H3,(H,23,26). The SMILES string of the molecule is CCc1ccc(CN(C)C(=O)NCc2ccc(S(=O)(=O)N(CC)CC)cc2)cc1. The minimum atomic E-state index is -3.46. The maximum absolute atomic E-state index is 12.5. The van der Waals surface area contributed by atoms with Gasteiger partial charge >= 0.3 is 6.03 Å². The Morgan fingerprint density at radius 2 is 1.38 bits per heavy atom. The van der Waals surface area contributed by atoms with Crippen LogP contribution in [0.3, 0.4) is 0 Å². The fourth-order valence-corrected chi connectivity index (χ4v) is 4.49. The number of aryl methyl sites for hydroxylation is 1. The number of hydrogen-bond acceptors (Lipinski definition) is 3. The van der Waals surface area contributed by atoms with E-state index in [2.05, 4.69) is 24.4 Å². The van der Waals surface area contributed by atoms with E-state index in [1.54, 1.807) is 36.2 Å². The molecule has 7 heteroatoms. The number of amides is 2. The van der Waals surface area contributed by atoms with Crippen LogP contribution in [-0.2, 0) is 29.5 Å². The number of benzene rings is 2. The highest BCUT2D eigenvalue weighted by Gasteiger charge is 2.21. The predicted octanol–water partition coefficient (Wildman–Crippen LogP) is 3.62. The Bertz CT molecular complexity index is 890. The number of nitrogens with one attached hydrogen (secondary N) is 1. The van der Waals surface area contributed by atoms with E-state index in [0.29, 0.717) is 26.2 Å². The largest absolute Gasteiger partial charge is 0.334 e. The van der Waals surface area contributed by atoms with E-state index in [-0.39, 0.29) is 10.9 Å². The maximum Gasteiger partial charge on any atom is 0.317 e. The Balaban J connectivity index is 1.92. The van der Waals surface area contributed by atoms with Crippen LogP contribution in [-0.4, -0.2) is 43.8 Å². The summed E-state index contributed by atoms with van der Waals surface area (Å²) >= 11 is 0. The summed E-state index contributed by atoms with van der Waals surface area (Å²) in [7, 11) is -1.71. The molecule has 29 heavy (non-hydrogen) atoms. The molecule has 0 fully saturated rings. The molecule has 2 rings (SSSR count). The molecule has 2 aromatic rings. The molecule has 0 saturated carbocycles. The molecule has 158 valence electrons. The quantitative estimate of drug-likeness (QED) is 0.677. The Kier molecular flexibility index (Phi) is 8.22. The van der Waals surface area contributed by atoms with Gasteiger partial charge in [-0.1, -0.05) is 57.2 Å². The van der Waals surface area contributed by atoms with Crippen LogP contribution in [0.1, 0.15) is 37.5 Å². The van der Waals surface area contributed by atoms with Gasteiger partial charge in [0.15, 0.2) is 0 Å². The second kappa shape index (κ2) is 10.4. The van der Waals surface area contributed by atoms with Crippen molar-refractivity contribution in [3.05, 3.63) is 65.2 Å². The van der Waals surface area contributed by atoms with Crippen LogP contribution in [0, 0.1) is 0 Å². The molecule has 0 aliphatic carbocycles. The second-order valence-corrected chi connectivity index (χ2v) is 8.86. The summed E-state index contributed by atoms with van der Waals surface area (Å²) in [5.74, 6) is 0. The summed E-state index contributed by atoms with van der Waals surface area (Å²) in [5, 5.41) is 2.87. The first-order chi connectivity index (χ1) is 13.8. The lowest BCUT2D eigenvalue weighted by Crippen LogP contribution is -2.36. The van der Waals surface area contributed by atoms with Crippen LogP contribution < -0.4 is 5.32 Å². The molecule has 0 unspecified atom stereocenters. The van der Waals surface area contributed by atoms with Crippen LogP contribution in [0.2, 0.25) is 0 Å². The molecule has 1 N–H and O–H groups in total. The number of carbonyl (C=O) groups excluding carboxylic acids is 1. The van der Waals surface area contributed by atoms with E-state index >= 15 is 0 Å². The molecule has 0 radical (unpaired) electrons. The minimum Gasteiger partial charge on any atom is -0.334 e. The number of urea groups is 1. The van der Waals surface area contributed by atoms with Gasteiger partial charge in [-0.05, 0) is 35.2 Å². The van der Waals surface area contributed by atoms with E-state index in [9.17, 15) is 13.2 Å². The summed E-state index contributed by atoms with van der Waals surface area (Å²) in [6.45, 7) is 7.48. The van der Waals surface area contributed by atoms with Gasteiger partial charge in [0.25, 0.3) is 0 Å². The number of carbonyl (C=O) groups is 1. The Hall–Kier alpha value is -2.38. The van der Waals surface area contributed by atoms with Crippen molar-refractivity contribution in [3.63, 3.8) is 0 Å².